The van der Waals surface area contributed by atoms with E-state index in [-0.39, 0.29) is 23.0 Å². The summed E-state index contributed by atoms with van der Waals surface area (Å²) in [7, 11) is 0. The van der Waals surface area contributed by atoms with Gasteiger partial charge in [-0.2, -0.15) is 0 Å². The van der Waals surface area contributed by atoms with E-state index in [1.807, 2.05) is 13.8 Å². The monoisotopic (exact) mass is 272 g/mol. The third-order valence-corrected chi connectivity index (χ3v) is 2.71. The Hall–Kier alpha value is -1.13. The van der Waals surface area contributed by atoms with Crippen LogP contribution in [-0.4, -0.2) is 18.0 Å². The maximum atomic E-state index is 13.0. The zero-order chi connectivity index (χ0) is 13.7. The van der Waals surface area contributed by atoms with Crippen LogP contribution in [0.4, 0.5) is 4.39 Å². The molecule has 1 aromatic rings. The maximum absolute atomic E-state index is 13.0. The van der Waals surface area contributed by atoms with Gasteiger partial charge in [0.25, 0.3) is 0 Å². The van der Waals surface area contributed by atoms with Gasteiger partial charge in [-0.25, -0.2) is 4.39 Å². The van der Waals surface area contributed by atoms with Crippen molar-refractivity contribution in [3.63, 3.8) is 0 Å². The molecule has 0 aromatic heterocycles. The van der Waals surface area contributed by atoms with Crippen molar-refractivity contribution in [1.29, 1.82) is 0 Å². The van der Waals surface area contributed by atoms with Crippen LogP contribution >= 0.6 is 11.6 Å². The second kappa shape index (κ2) is 6.71. The summed E-state index contributed by atoms with van der Waals surface area (Å²) in [5, 5.41) is 5.96. The molecule has 0 saturated heterocycles. The Labute approximate surface area is 112 Å². The van der Waals surface area contributed by atoms with Crippen molar-refractivity contribution in [2.24, 2.45) is 0 Å². The molecule has 2 N–H and O–H groups in total. The lowest BCUT2D eigenvalue weighted by Gasteiger charge is -2.16. The average molecular weight is 273 g/mol. The molecular weight excluding hydrogens is 255 g/mol. The van der Waals surface area contributed by atoms with Gasteiger partial charge >= 0.3 is 0 Å². The topological polar surface area (TPSA) is 41.1 Å². The SMILES string of the molecule is CC(C)NC(=O)C(C)NCc1ccc(F)c(Cl)c1. The van der Waals surface area contributed by atoms with E-state index in [1.165, 1.54) is 6.07 Å². The average Bonchev–Trinajstić information content (AvgIpc) is 2.29. The molecular formula is C13H18ClFN2O. The standard InChI is InChI=1S/C13H18ClFN2O/c1-8(2)17-13(18)9(3)16-7-10-4-5-12(15)11(14)6-10/h4-6,8-9,16H,7H2,1-3H3,(H,17,18). The lowest BCUT2D eigenvalue weighted by molar-refractivity contribution is -0.123. The van der Waals surface area contributed by atoms with E-state index in [9.17, 15) is 9.18 Å². The van der Waals surface area contributed by atoms with Gasteiger partial charge in [0.05, 0.1) is 11.1 Å². The molecule has 0 aliphatic carbocycles. The van der Waals surface area contributed by atoms with Gasteiger partial charge in [0.15, 0.2) is 0 Å². The van der Waals surface area contributed by atoms with Crippen LogP contribution in [0.3, 0.4) is 0 Å². The number of carbonyl (C=O) groups excluding carboxylic acids is 1. The van der Waals surface area contributed by atoms with Crippen molar-refractivity contribution >= 4 is 17.5 Å². The van der Waals surface area contributed by atoms with Crippen LogP contribution in [0.15, 0.2) is 18.2 Å². The highest BCUT2D eigenvalue weighted by atomic mass is 35.5. The van der Waals surface area contributed by atoms with Crippen LogP contribution in [0, 0.1) is 5.82 Å². The summed E-state index contributed by atoms with van der Waals surface area (Å²) >= 11 is 5.68. The molecule has 0 spiro atoms. The number of hydrogen-bond donors (Lipinski definition) is 2. The van der Waals surface area contributed by atoms with Crippen LogP contribution in [-0.2, 0) is 11.3 Å². The fraction of sp³-hybridized carbons (Fsp3) is 0.462. The number of rotatable bonds is 5. The van der Waals surface area contributed by atoms with E-state index >= 15 is 0 Å². The zero-order valence-electron chi connectivity index (χ0n) is 10.8. The van der Waals surface area contributed by atoms with Crippen LogP contribution in [0.25, 0.3) is 0 Å². The highest BCUT2D eigenvalue weighted by molar-refractivity contribution is 6.30. The summed E-state index contributed by atoms with van der Waals surface area (Å²) in [6.45, 7) is 6.06. The van der Waals surface area contributed by atoms with E-state index in [4.69, 9.17) is 11.6 Å². The first-order chi connectivity index (χ1) is 8.40. The lowest BCUT2D eigenvalue weighted by Crippen LogP contribution is -2.44. The molecule has 0 aliphatic heterocycles. The first kappa shape index (κ1) is 14.9. The van der Waals surface area contributed by atoms with E-state index < -0.39 is 5.82 Å². The van der Waals surface area contributed by atoms with Gasteiger partial charge in [-0.1, -0.05) is 17.7 Å². The number of nitrogens with one attached hydrogen (secondary N) is 2. The van der Waals surface area contributed by atoms with Crippen molar-refractivity contribution < 1.29 is 9.18 Å². The first-order valence-electron chi connectivity index (χ1n) is 5.88. The molecule has 100 valence electrons. The van der Waals surface area contributed by atoms with Crippen LogP contribution in [0.1, 0.15) is 26.3 Å². The minimum Gasteiger partial charge on any atom is -0.353 e. The number of halogens is 2. The Morgan fingerprint density at radius 1 is 1.39 bits per heavy atom. The summed E-state index contributed by atoms with van der Waals surface area (Å²) < 4.78 is 13.0. The minimum atomic E-state index is -0.439. The minimum absolute atomic E-state index is 0.0572. The van der Waals surface area contributed by atoms with E-state index in [0.29, 0.717) is 6.54 Å². The normalized spacial score (nSPS) is 12.6. The molecule has 0 aliphatic rings. The zero-order valence-corrected chi connectivity index (χ0v) is 11.5. The second-order valence-electron chi connectivity index (χ2n) is 4.51. The molecule has 1 atom stereocenters. The summed E-state index contributed by atoms with van der Waals surface area (Å²) in [5.41, 5.74) is 0.839. The largest absolute Gasteiger partial charge is 0.353 e. The molecule has 1 unspecified atom stereocenters. The van der Waals surface area contributed by atoms with E-state index in [1.54, 1.807) is 19.1 Å². The number of carbonyl (C=O) groups is 1. The molecule has 5 heteroatoms. The van der Waals surface area contributed by atoms with Crippen molar-refractivity contribution in [3.05, 3.63) is 34.6 Å². The predicted molar refractivity (Wildman–Crippen MR) is 71.0 cm³/mol. The second-order valence-corrected chi connectivity index (χ2v) is 4.92. The number of benzene rings is 1. The molecule has 18 heavy (non-hydrogen) atoms. The molecule has 1 amide bonds. The molecule has 1 rings (SSSR count). The Morgan fingerprint density at radius 2 is 2.06 bits per heavy atom. The van der Waals surface area contributed by atoms with Gasteiger partial charge in [-0.05, 0) is 38.5 Å². The smallest absolute Gasteiger partial charge is 0.237 e. The Kier molecular flexibility index (Phi) is 5.56. The Bertz CT molecular complexity index is 423. The fourth-order valence-electron chi connectivity index (χ4n) is 1.42. The van der Waals surface area contributed by atoms with Crippen molar-refractivity contribution in [1.82, 2.24) is 10.6 Å². The third kappa shape index (κ3) is 4.63. The maximum Gasteiger partial charge on any atom is 0.237 e. The van der Waals surface area contributed by atoms with Gasteiger partial charge in [0.2, 0.25) is 5.91 Å². The quantitative estimate of drug-likeness (QED) is 0.865. The molecule has 1 aromatic carbocycles. The van der Waals surface area contributed by atoms with Crippen LogP contribution in [0.2, 0.25) is 5.02 Å². The van der Waals surface area contributed by atoms with Gasteiger partial charge in [-0.3, -0.25) is 4.79 Å². The van der Waals surface area contributed by atoms with Crippen LogP contribution < -0.4 is 10.6 Å². The molecule has 0 saturated carbocycles. The summed E-state index contributed by atoms with van der Waals surface area (Å²) in [6.07, 6.45) is 0. The van der Waals surface area contributed by atoms with Crippen molar-refractivity contribution in [2.75, 3.05) is 0 Å². The van der Waals surface area contributed by atoms with E-state index in [2.05, 4.69) is 10.6 Å². The molecule has 0 bridgehead atoms. The summed E-state index contributed by atoms with van der Waals surface area (Å²) in [6, 6.07) is 4.31. The molecule has 0 fully saturated rings. The van der Waals surface area contributed by atoms with Crippen molar-refractivity contribution in [3.8, 4) is 0 Å². The Balaban J connectivity index is 2.49. The highest BCUT2D eigenvalue weighted by Crippen LogP contribution is 2.15. The third-order valence-electron chi connectivity index (χ3n) is 2.42. The van der Waals surface area contributed by atoms with Gasteiger partial charge < -0.3 is 10.6 Å². The molecule has 0 radical (unpaired) electrons. The highest BCUT2D eigenvalue weighted by Gasteiger charge is 2.12. The predicted octanol–water partition coefficient (Wildman–Crippen LogP) is 2.48. The lowest BCUT2D eigenvalue weighted by atomic mass is 10.2. The van der Waals surface area contributed by atoms with Crippen LogP contribution in [0.5, 0.6) is 0 Å². The Morgan fingerprint density at radius 3 is 2.61 bits per heavy atom. The van der Waals surface area contributed by atoms with Crippen molar-refractivity contribution in [2.45, 2.75) is 39.4 Å². The summed E-state index contributed by atoms with van der Waals surface area (Å²) in [5.74, 6) is -0.496. The number of hydrogen-bond acceptors (Lipinski definition) is 2. The first-order valence-corrected chi connectivity index (χ1v) is 6.25. The van der Waals surface area contributed by atoms with Gasteiger partial charge in [0.1, 0.15) is 5.82 Å². The number of amides is 1. The molecule has 0 heterocycles. The van der Waals surface area contributed by atoms with Gasteiger partial charge in [0, 0.05) is 12.6 Å². The fourth-order valence-corrected chi connectivity index (χ4v) is 1.63. The van der Waals surface area contributed by atoms with E-state index in [0.717, 1.165) is 5.56 Å². The molecule has 3 nitrogen and oxygen atoms in total. The summed E-state index contributed by atoms with van der Waals surface area (Å²) in [4.78, 5) is 11.6. The van der Waals surface area contributed by atoms with Gasteiger partial charge in [-0.15, -0.1) is 0 Å².